The van der Waals surface area contributed by atoms with Crippen molar-refractivity contribution in [3.8, 4) is 5.75 Å². The number of hydrogen-bond acceptors (Lipinski definition) is 5. The first-order valence-electron chi connectivity index (χ1n) is 23.2. The minimum Gasteiger partial charge on any atom is -0.497 e. The van der Waals surface area contributed by atoms with E-state index in [0.717, 1.165) is 43.4 Å². The van der Waals surface area contributed by atoms with Gasteiger partial charge in [0.05, 0.1) is 38.9 Å². The molecule has 0 aliphatic rings. The fourth-order valence-electron chi connectivity index (χ4n) is 8.06. The molecule has 3 aromatic rings. The monoisotopic (exact) mass is 829 g/mol. The first-order valence-corrected chi connectivity index (χ1v) is 25.1. The molecule has 2 unspecified atom stereocenters. The summed E-state index contributed by atoms with van der Waals surface area (Å²) in [6.45, 7) is 12.3. The van der Waals surface area contributed by atoms with Gasteiger partial charge in [0, 0.05) is 13.0 Å². The molecule has 0 radical (unpaired) electrons. The Morgan fingerprint density at radius 1 is 0.644 bits per heavy atom. The van der Waals surface area contributed by atoms with Crippen molar-refractivity contribution in [3.05, 3.63) is 90.5 Å². The molecular weight excluding hydrogens is 749 g/mol. The summed E-state index contributed by atoms with van der Waals surface area (Å²) in [4.78, 5) is 27.3. The molecule has 0 heterocycles. The zero-order valence-corrected chi connectivity index (χ0v) is 38.8. The van der Waals surface area contributed by atoms with Gasteiger partial charge in [0.15, 0.2) is 0 Å². The predicted octanol–water partition coefficient (Wildman–Crippen LogP) is 11.2. The van der Waals surface area contributed by atoms with E-state index in [2.05, 4.69) is 93.8 Å². The summed E-state index contributed by atoms with van der Waals surface area (Å²) in [5.74, 6) is 0.743. The second-order valence-electron chi connectivity index (χ2n) is 17.5. The standard InChI is InChI=1S/C51H80N2O5Si/c1-7-9-11-13-14-15-16-17-18-20-28-34-49(54)53-44(42-58-59(51(3,4)5,47-30-24-21-25-31-47)48-32-26-22-27-33-48)40-52-50(55)39-46(29-23-19-12-10-8-2)57-41-43-35-37-45(56-6)38-36-43/h21-22,24-27,30-33,35-38,44,46H,7-20,23,28-29,34,39-42H2,1-6H3,(H,52,55)(H,53,54). The van der Waals surface area contributed by atoms with Crippen molar-refractivity contribution in [3.63, 3.8) is 0 Å². The molecule has 0 aliphatic heterocycles. The lowest BCUT2D eigenvalue weighted by Gasteiger charge is -2.43. The fraction of sp³-hybridized carbons (Fsp3) is 0.608. The maximum atomic E-state index is 13.7. The summed E-state index contributed by atoms with van der Waals surface area (Å²) in [6.07, 6.45) is 20.7. The van der Waals surface area contributed by atoms with E-state index >= 15 is 0 Å². The number of carbonyl (C=O) groups is 2. The summed E-state index contributed by atoms with van der Waals surface area (Å²) in [7, 11) is -1.21. The van der Waals surface area contributed by atoms with Crippen LogP contribution in [0, 0.1) is 0 Å². The van der Waals surface area contributed by atoms with E-state index < -0.39 is 14.4 Å². The quantitative estimate of drug-likeness (QED) is 0.0484. The molecule has 0 saturated carbocycles. The molecule has 2 N–H and O–H groups in total. The first kappa shape index (κ1) is 49.9. The summed E-state index contributed by atoms with van der Waals surface area (Å²) in [5.41, 5.74) is 1.04. The van der Waals surface area contributed by atoms with Gasteiger partial charge in [0.1, 0.15) is 5.75 Å². The van der Waals surface area contributed by atoms with Crippen LogP contribution in [0.2, 0.25) is 5.04 Å². The molecule has 0 saturated heterocycles. The van der Waals surface area contributed by atoms with Crippen LogP contribution in [-0.4, -0.2) is 52.5 Å². The lowest BCUT2D eigenvalue weighted by molar-refractivity contribution is -0.126. The van der Waals surface area contributed by atoms with Gasteiger partial charge < -0.3 is 24.5 Å². The molecule has 0 aromatic heterocycles. The van der Waals surface area contributed by atoms with Gasteiger partial charge >= 0.3 is 0 Å². The number of ether oxygens (including phenoxy) is 2. The Morgan fingerprint density at radius 2 is 1.15 bits per heavy atom. The third-order valence-corrected chi connectivity index (χ3v) is 16.5. The number of amides is 2. The van der Waals surface area contributed by atoms with Gasteiger partial charge in [0.25, 0.3) is 8.32 Å². The van der Waals surface area contributed by atoms with E-state index in [9.17, 15) is 9.59 Å². The van der Waals surface area contributed by atoms with E-state index in [1.165, 1.54) is 87.4 Å². The number of methoxy groups -OCH3 is 1. The van der Waals surface area contributed by atoms with Gasteiger partial charge in [-0.25, -0.2) is 0 Å². The van der Waals surface area contributed by atoms with E-state index in [4.69, 9.17) is 13.9 Å². The van der Waals surface area contributed by atoms with Gasteiger partial charge in [-0.3, -0.25) is 9.59 Å². The summed E-state index contributed by atoms with van der Waals surface area (Å²) < 4.78 is 19.0. The lowest BCUT2D eigenvalue weighted by atomic mass is 10.1. The molecule has 2 atom stereocenters. The average molecular weight is 829 g/mol. The minimum absolute atomic E-state index is 0.0130. The van der Waals surface area contributed by atoms with Crippen LogP contribution >= 0.6 is 0 Å². The Labute approximate surface area is 360 Å². The van der Waals surface area contributed by atoms with Gasteiger partial charge in [-0.1, -0.05) is 204 Å². The highest BCUT2D eigenvalue weighted by molar-refractivity contribution is 6.99. The molecule has 0 fully saturated rings. The third kappa shape index (κ3) is 18.8. The highest BCUT2D eigenvalue weighted by Crippen LogP contribution is 2.37. The van der Waals surface area contributed by atoms with Crippen molar-refractivity contribution in [1.29, 1.82) is 0 Å². The predicted molar refractivity (Wildman–Crippen MR) is 249 cm³/mol. The Hall–Kier alpha value is -3.46. The highest BCUT2D eigenvalue weighted by atomic mass is 28.4. The molecule has 8 heteroatoms. The van der Waals surface area contributed by atoms with Crippen molar-refractivity contribution in [2.75, 3.05) is 20.3 Å². The van der Waals surface area contributed by atoms with E-state index in [-0.39, 0.29) is 42.5 Å². The molecule has 3 rings (SSSR count). The molecule has 3 aromatic carbocycles. The lowest BCUT2D eigenvalue weighted by Crippen LogP contribution is -2.67. The summed E-state index contributed by atoms with van der Waals surface area (Å²) in [6, 6.07) is 28.6. The fourth-order valence-corrected chi connectivity index (χ4v) is 12.7. The van der Waals surface area contributed by atoms with Crippen LogP contribution < -0.4 is 25.7 Å². The Morgan fingerprint density at radius 3 is 1.66 bits per heavy atom. The number of nitrogens with one attached hydrogen (secondary N) is 2. The van der Waals surface area contributed by atoms with Crippen LogP contribution in [0.4, 0.5) is 0 Å². The SMILES string of the molecule is CCCCCCCCCCCCCC(=O)NC(CNC(=O)CC(CCCCCCC)OCc1ccc(OC)cc1)CO[Si](c1ccccc1)(c1ccccc1)C(C)(C)C. The second-order valence-corrected chi connectivity index (χ2v) is 21.8. The molecule has 0 spiro atoms. The zero-order valence-electron chi connectivity index (χ0n) is 37.8. The highest BCUT2D eigenvalue weighted by Gasteiger charge is 2.50. The van der Waals surface area contributed by atoms with Crippen molar-refractivity contribution in [1.82, 2.24) is 10.6 Å². The molecule has 328 valence electrons. The Balaban J connectivity index is 1.70. The molecule has 2 amide bonds. The Kier molecular flexibility index (Phi) is 24.4. The van der Waals surface area contributed by atoms with Gasteiger partial charge in [0.2, 0.25) is 11.8 Å². The largest absolute Gasteiger partial charge is 0.497 e. The first-order chi connectivity index (χ1) is 28.6. The number of carbonyl (C=O) groups excluding carboxylic acids is 2. The number of unbranched alkanes of at least 4 members (excludes halogenated alkanes) is 14. The summed E-state index contributed by atoms with van der Waals surface area (Å²) in [5, 5.41) is 8.65. The maximum absolute atomic E-state index is 13.7. The van der Waals surface area contributed by atoms with Crippen LogP contribution in [0.3, 0.4) is 0 Å². The normalized spacial score (nSPS) is 12.8. The van der Waals surface area contributed by atoms with Gasteiger partial charge in [-0.2, -0.15) is 0 Å². The van der Waals surface area contributed by atoms with Crippen molar-refractivity contribution in [2.45, 2.75) is 180 Å². The molecule has 7 nitrogen and oxygen atoms in total. The van der Waals surface area contributed by atoms with Crippen molar-refractivity contribution < 1.29 is 23.5 Å². The van der Waals surface area contributed by atoms with Gasteiger partial charge in [-0.15, -0.1) is 0 Å². The smallest absolute Gasteiger partial charge is 0.261 e. The number of hydrogen-bond donors (Lipinski definition) is 2. The third-order valence-electron chi connectivity index (χ3n) is 11.5. The van der Waals surface area contributed by atoms with Crippen LogP contribution in [0.15, 0.2) is 84.9 Å². The van der Waals surface area contributed by atoms with Crippen molar-refractivity contribution >= 4 is 30.5 Å². The maximum Gasteiger partial charge on any atom is 0.261 e. The molecule has 0 aliphatic carbocycles. The van der Waals surface area contributed by atoms with Crippen LogP contribution in [0.5, 0.6) is 5.75 Å². The van der Waals surface area contributed by atoms with Crippen molar-refractivity contribution in [2.24, 2.45) is 0 Å². The van der Waals surface area contributed by atoms with Gasteiger partial charge in [-0.05, 0) is 45.9 Å². The zero-order chi connectivity index (χ0) is 42.6. The van der Waals surface area contributed by atoms with E-state index in [1.807, 2.05) is 36.4 Å². The molecule has 0 bridgehead atoms. The Bertz CT molecular complexity index is 1490. The molecular formula is C51H80N2O5Si. The summed E-state index contributed by atoms with van der Waals surface area (Å²) >= 11 is 0. The second kappa shape index (κ2) is 28.9. The van der Waals surface area contributed by atoms with E-state index in [0.29, 0.717) is 13.0 Å². The van der Waals surface area contributed by atoms with Crippen LogP contribution in [0.25, 0.3) is 0 Å². The van der Waals surface area contributed by atoms with E-state index in [1.54, 1.807) is 7.11 Å². The topological polar surface area (TPSA) is 85.9 Å². The number of benzene rings is 3. The average Bonchev–Trinajstić information content (AvgIpc) is 3.24. The minimum atomic E-state index is -2.87. The van der Waals surface area contributed by atoms with Crippen LogP contribution in [0.1, 0.15) is 162 Å². The number of rotatable bonds is 32. The van der Waals surface area contributed by atoms with Crippen LogP contribution in [-0.2, 0) is 25.4 Å². The molecule has 59 heavy (non-hydrogen) atoms.